The van der Waals surface area contributed by atoms with Gasteiger partial charge in [-0.05, 0) is 24.6 Å². The highest BCUT2D eigenvalue weighted by molar-refractivity contribution is 5.94. The molecule has 0 atom stereocenters. The molecule has 0 bridgehead atoms. The standard InChI is InChI=1S/C10H10FNO3/c1-5-3-8(11)9(12-6(2)13)4-7(5)10(14)15/h3-4H,1-2H3,(H,12,13)(H,14,15). The fourth-order valence-corrected chi connectivity index (χ4v) is 1.19. The van der Waals surface area contributed by atoms with Crippen LogP contribution >= 0.6 is 0 Å². The van der Waals surface area contributed by atoms with E-state index in [-0.39, 0.29) is 11.3 Å². The summed E-state index contributed by atoms with van der Waals surface area (Å²) in [5.74, 6) is -2.25. The van der Waals surface area contributed by atoms with Gasteiger partial charge in [-0.1, -0.05) is 0 Å². The molecular formula is C10H10FNO3. The number of anilines is 1. The number of carboxylic acids is 1. The van der Waals surface area contributed by atoms with E-state index in [0.717, 1.165) is 12.1 Å². The number of carboxylic acid groups (broad SMARTS) is 1. The van der Waals surface area contributed by atoms with Crippen LogP contribution < -0.4 is 5.32 Å². The van der Waals surface area contributed by atoms with Crippen LogP contribution in [0.4, 0.5) is 10.1 Å². The van der Waals surface area contributed by atoms with E-state index in [9.17, 15) is 14.0 Å². The van der Waals surface area contributed by atoms with Gasteiger partial charge in [-0.3, -0.25) is 4.79 Å². The summed E-state index contributed by atoms with van der Waals surface area (Å²) in [6, 6.07) is 2.18. The second-order valence-corrected chi connectivity index (χ2v) is 3.13. The Bertz CT molecular complexity index is 429. The van der Waals surface area contributed by atoms with E-state index < -0.39 is 17.7 Å². The molecule has 1 rings (SSSR count). The zero-order valence-electron chi connectivity index (χ0n) is 8.30. The van der Waals surface area contributed by atoms with E-state index in [1.165, 1.54) is 13.8 Å². The minimum atomic E-state index is -1.15. The van der Waals surface area contributed by atoms with Crippen molar-refractivity contribution in [2.24, 2.45) is 0 Å². The first-order chi connectivity index (χ1) is 6.91. The maximum absolute atomic E-state index is 13.2. The van der Waals surface area contributed by atoms with Crippen LogP contribution in [0.1, 0.15) is 22.8 Å². The fourth-order valence-electron chi connectivity index (χ4n) is 1.19. The zero-order valence-corrected chi connectivity index (χ0v) is 8.30. The van der Waals surface area contributed by atoms with Crippen molar-refractivity contribution < 1.29 is 19.1 Å². The van der Waals surface area contributed by atoms with Crippen molar-refractivity contribution in [3.8, 4) is 0 Å². The Morgan fingerprint density at radius 1 is 1.40 bits per heavy atom. The van der Waals surface area contributed by atoms with Gasteiger partial charge in [-0.15, -0.1) is 0 Å². The molecule has 0 aliphatic carbocycles. The Labute approximate surface area is 85.7 Å². The number of aryl methyl sites for hydroxylation is 1. The molecule has 1 aromatic carbocycles. The molecule has 0 fully saturated rings. The van der Waals surface area contributed by atoms with Crippen molar-refractivity contribution in [1.29, 1.82) is 0 Å². The van der Waals surface area contributed by atoms with Gasteiger partial charge in [0, 0.05) is 6.92 Å². The lowest BCUT2D eigenvalue weighted by Crippen LogP contribution is -2.10. The van der Waals surface area contributed by atoms with Crippen LogP contribution in [-0.4, -0.2) is 17.0 Å². The first kappa shape index (κ1) is 11.2. The second-order valence-electron chi connectivity index (χ2n) is 3.13. The highest BCUT2D eigenvalue weighted by Crippen LogP contribution is 2.19. The zero-order chi connectivity index (χ0) is 11.6. The number of benzene rings is 1. The van der Waals surface area contributed by atoms with Gasteiger partial charge in [0.15, 0.2) is 0 Å². The average Bonchev–Trinajstić information content (AvgIpc) is 2.08. The number of hydrogen-bond acceptors (Lipinski definition) is 2. The minimum absolute atomic E-state index is 0.0276. The van der Waals surface area contributed by atoms with E-state index in [1.54, 1.807) is 0 Å². The number of halogens is 1. The Kier molecular flexibility index (Phi) is 3.04. The third-order valence-corrected chi connectivity index (χ3v) is 1.86. The van der Waals surface area contributed by atoms with Gasteiger partial charge in [0.1, 0.15) is 5.82 Å². The van der Waals surface area contributed by atoms with E-state index in [0.29, 0.717) is 5.56 Å². The van der Waals surface area contributed by atoms with Crippen LogP contribution in [0, 0.1) is 12.7 Å². The summed E-state index contributed by atoms with van der Waals surface area (Å²) in [5.41, 5.74) is 0.166. The Morgan fingerprint density at radius 3 is 2.47 bits per heavy atom. The molecule has 1 amide bonds. The summed E-state index contributed by atoms with van der Waals surface area (Å²) in [4.78, 5) is 21.4. The Hall–Kier alpha value is -1.91. The van der Waals surface area contributed by atoms with Crippen LogP contribution in [0.5, 0.6) is 0 Å². The van der Waals surface area contributed by atoms with Crippen LogP contribution in [-0.2, 0) is 4.79 Å². The van der Waals surface area contributed by atoms with Gasteiger partial charge in [-0.2, -0.15) is 0 Å². The fraction of sp³-hybridized carbons (Fsp3) is 0.200. The molecule has 2 N–H and O–H groups in total. The van der Waals surface area contributed by atoms with E-state index in [2.05, 4.69) is 5.32 Å². The molecule has 5 heteroatoms. The lowest BCUT2D eigenvalue weighted by molar-refractivity contribution is -0.114. The monoisotopic (exact) mass is 211 g/mol. The molecule has 0 saturated heterocycles. The van der Waals surface area contributed by atoms with Crippen LogP contribution in [0.2, 0.25) is 0 Å². The molecule has 0 unspecified atom stereocenters. The lowest BCUT2D eigenvalue weighted by Gasteiger charge is -2.07. The second kappa shape index (κ2) is 4.08. The van der Waals surface area contributed by atoms with E-state index in [4.69, 9.17) is 5.11 Å². The highest BCUT2D eigenvalue weighted by atomic mass is 19.1. The molecule has 4 nitrogen and oxygen atoms in total. The van der Waals surface area contributed by atoms with Crippen molar-refractivity contribution in [3.63, 3.8) is 0 Å². The predicted octanol–water partition coefficient (Wildman–Crippen LogP) is 1.79. The highest BCUT2D eigenvalue weighted by Gasteiger charge is 2.12. The lowest BCUT2D eigenvalue weighted by atomic mass is 10.1. The maximum atomic E-state index is 13.2. The predicted molar refractivity (Wildman–Crippen MR) is 52.4 cm³/mol. The molecular weight excluding hydrogens is 201 g/mol. The SMILES string of the molecule is CC(=O)Nc1cc(C(=O)O)c(C)cc1F. The molecule has 0 spiro atoms. The average molecular weight is 211 g/mol. The number of rotatable bonds is 2. The minimum Gasteiger partial charge on any atom is -0.478 e. The topological polar surface area (TPSA) is 66.4 Å². The molecule has 0 aromatic heterocycles. The van der Waals surface area contributed by atoms with Crippen LogP contribution in [0.15, 0.2) is 12.1 Å². The summed E-state index contributed by atoms with van der Waals surface area (Å²) in [6.45, 7) is 2.71. The Balaban J connectivity index is 3.23. The van der Waals surface area contributed by atoms with Crippen LogP contribution in [0.25, 0.3) is 0 Å². The number of amides is 1. The number of nitrogens with one attached hydrogen (secondary N) is 1. The van der Waals surface area contributed by atoms with Gasteiger partial charge in [-0.25, -0.2) is 9.18 Å². The smallest absolute Gasteiger partial charge is 0.336 e. The van der Waals surface area contributed by atoms with Gasteiger partial charge in [0.05, 0.1) is 11.3 Å². The molecule has 0 saturated carbocycles. The number of carbonyl (C=O) groups excluding carboxylic acids is 1. The summed E-state index contributed by atoms with van der Waals surface area (Å²) >= 11 is 0. The number of aromatic carboxylic acids is 1. The molecule has 0 radical (unpaired) electrons. The molecule has 0 heterocycles. The van der Waals surface area contributed by atoms with Crippen molar-refractivity contribution in [2.45, 2.75) is 13.8 Å². The third kappa shape index (κ3) is 2.52. The third-order valence-electron chi connectivity index (χ3n) is 1.86. The summed E-state index contributed by atoms with van der Waals surface area (Å²) in [7, 11) is 0. The normalized spacial score (nSPS) is 9.80. The molecule has 80 valence electrons. The van der Waals surface area contributed by atoms with Gasteiger partial charge >= 0.3 is 5.97 Å². The molecule has 15 heavy (non-hydrogen) atoms. The first-order valence-corrected chi connectivity index (χ1v) is 4.23. The Morgan fingerprint density at radius 2 is 2.00 bits per heavy atom. The summed E-state index contributed by atoms with van der Waals surface area (Å²) in [6.07, 6.45) is 0. The van der Waals surface area contributed by atoms with Crippen molar-refractivity contribution in [1.82, 2.24) is 0 Å². The van der Waals surface area contributed by atoms with E-state index in [1.807, 2.05) is 0 Å². The summed E-state index contributed by atoms with van der Waals surface area (Å²) < 4.78 is 13.2. The number of carbonyl (C=O) groups is 2. The largest absolute Gasteiger partial charge is 0.478 e. The van der Waals surface area contributed by atoms with Crippen molar-refractivity contribution in [2.75, 3.05) is 5.32 Å². The molecule has 0 aliphatic heterocycles. The van der Waals surface area contributed by atoms with Crippen molar-refractivity contribution >= 4 is 17.6 Å². The first-order valence-electron chi connectivity index (χ1n) is 4.23. The maximum Gasteiger partial charge on any atom is 0.336 e. The van der Waals surface area contributed by atoms with Gasteiger partial charge in [0.2, 0.25) is 5.91 Å². The molecule has 0 aliphatic rings. The van der Waals surface area contributed by atoms with Crippen LogP contribution in [0.3, 0.4) is 0 Å². The van der Waals surface area contributed by atoms with Gasteiger partial charge < -0.3 is 10.4 Å². The number of hydrogen-bond donors (Lipinski definition) is 2. The summed E-state index contributed by atoms with van der Waals surface area (Å²) in [5, 5.41) is 11.0. The van der Waals surface area contributed by atoms with Crippen molar-refractivity contribution in [3.05, 3.63) is 29.1 Å². The van der Waals surface area contributed by atoms with Gasteiger partial charge in [0.25, 0.3) is 0 Å². The van der Waals surface area contributed by atoms with E-state index >= 15 is 0 Å². The molecule has 1 aromatic rings. The quantitative estimate of drug-likeness (QED) is 0.783.